The highest BCUT2D eigenvalue weighted by molar-refractivity contribution is 14.0. The number of hydrogen-bond acceptors (Lipinski definition) is 2. The predicted molar refractivity (Wildman–Crippen MR) is 104 cm³/mol. The van der Waals surface area contributed by atoms with Gasteiger partial charge in [-0.05, 0) is 37.3 Å². The van der Waals surface area contributed by atoms with Crippen molar-refractivity contribution in [3.05, 3.63) is 30.3 Å². The molecular weight excluding hydrogens is 393 g/mol. The zero-order valence-corrected chi connectivity index (χ0v) is 16.0. The van der Waals surface area contributed by atoms with Crippen LogP contribution in [0.4, 0.5) is 0 Å². The molecule has 0 saturated heterocycles. The largest absolute Gasteiger partial charge is 0.370 e. The molecule has 118 valence electrons. The second-order valence-corrected chi connectivity index (χ2v) is 7.45. The highest BCUT2D eigenvalue weighted by Gasteiger charge is 2.43. The Morgan fingerprint density at radius 1 is 1.33 bits per heavy atom. The van der Waals surface area contributed by atoms with Crippen LogP contribution in [-0.4, -0.2) is 23.8 Å². The molecule has 0 unspecified atom stereocenters. The summed E-state index contributed by atoms with van der Waals surface area (Å²) in [6.07, 6.45) is 3.59. The fourth-order valence-electron chi connectivity index (χ4n) is 1.94. The van der Waals surface area contributed by atoms with Crippen LogP contribution in [0.15, 0.2) is 40.2 Å². The van der Waals surface area contributed by atoms with E-state index in [1.807, 2.05) is 11.8 Å². The van der Waals surface area contributed by atoms with Gasteiger partial charge in [0, 0.05) is 16.2 Å². The summed E-state index contributed by atoms with van der Waals surface area (Å²) < 4.78 is 0.283. The molecule has 2 rings (SSSR count). The van der Waals surface area contributed by atoms with Gasteiger partial charge in [-0.1, -0.05) is 32.0 Å². The van der Waals surface area contributed by atoms with E-state index in [4.69, 9.17) is 5.73 Å². The first-order valence-corrected chi connectivity index (χ1v) is 8.19. The summed E-state index contributed by atoms with van der Waals surface area (Å²) in [6.45, 7) is 6.15. The lowest BCUT2D eigenvalue weighted by Crippen LogP contribution is -2.33. The summed E-state index contributed by atoms with van der Waals surface area (Å²) in [5, 5.41) is 3.20. The number of thioether (sulfide) groups is 1. The van der Waals surface area contributed by atoms with E-state index in [-0.39, 0.29) is 28.7 Å². The lowest BCUT2D eigenvalue weighted by atomic mass is 10.1. The van der Waals surface area contributed by atoms with Crippen molar-refractivity contribution in [1.82, 2.24) is 5.32 Å². The Bertz CT molecular complexity index is 444. The molecule has 1 fully saturated rings. The van der Waals surface area contributed by atoms with Gasteiger partial charge in [0.15, 0.2) is 5.96 Å². The molecule has 0 spiro atoms. The van der Waals surface area contributed by atoms with Crippen LogP contribution in [0, 0.1) is 5.92 Å². The number of aliphatic imine (C=N–C) groups is 1. The number of benzene rings is 1. The number of nitrogens with one attached hydrogen (secondary N) is 1. The molecule has 3 N–H and O–H groups in total. The van der Waals surface area contributed by atoms with Crippen LogP contribution in [-0.2, 0) is 0 Å². The number of rotatable bonds is 7. The molecule has 1 aliphatic rings. The SMILES string of the molecule is CC(C)CCNC(N)=NCC1(Sc2ccccc2)CC1.I. The minimum absolute atomic E-state index is 0. The van der Waals surface area contributed by atoms with Crippen LogP contribution in [0.5, 0.6) is 0 Å². The van der Waals surface area contributed by atoms with E-state index < -0.39 is 0 Å². The highest BCUT2D eigenvalue weighted by Crippen LogP contribution is 2.51. The zero-order valence-electron chi connectivity index (χ0n) is 12.8. The summed E-state index contributed by atoms with van der Waals surface area (Å²) >= 11 is 1.94. The second kappa shape index (κ2) is 8.88. The summed E-state index contributed by atoms with van der Waals surface area (Å²) in [5.74, 6) is 1.28. The average molecular weight is 419 g/mol. The molecule has 1 aromatic rings. The first-order valence-electron chi connectivity index (χ1n) is 7.37. The molecule has 5 heteroatoms. The molecule has 0 aromatic heterocycles. The monoisotopic (exact) mass is 419 g/mol. The van der Waals surface area contributed by atoms with E-state index in [2.05, 4.69) is 54.5 Å². The summed E-state index contributed by atoms with van der Waals surface area (Å²) in [7, 11) is 0. The summed E-state index contributed by atoms with van der Waals surface area (Å²) in [5.41, 5.74) is 5.92. The summed E-state index contributed by atoms with van der Waals surface area (Å²) in [4.78, 5) is 5.84. The highest BCUT2D eigenvalue weighted by atomic mass is 127. The van der Waals surface area contributed by atoms with Gasteiger partial charge in [0.05, 0.1) is 6.54 Å². The molecule has 1 aliphatic carbocycles. The van der Waals surface area contributed by atoms with E-state index in [1.165, 1.54) is 17.7 Å². The van der Waals surface area contributed by atoms with Crippen molar-refractivity contribution >= 4 is 41.7 Å². The Morgan fingerprint density at radius 3 is 2.57 bits per heavy atom. The second-order valence-electron chi connectivity index (χ2n) is 5.91. The molecule has 0 atom stereocenters. The van der Waals surface area contributed by atoms with Gasteiger partial charge in [-0.25, -0.2) is 0 Å². The Balaban J connectivity index is 0.00000220. The maximum atomic E-state index is 5.92. The van der Waals surface area contributed by atoms with Crippen LogP contribution >= 0.6 is 35.7 Å². The van der Waals surface area contributed by atoms with E-state index in [0.717, 1.165) is 19.5 Å². The fraction of sp³-hybridized carbons (Fsp3) is 0.562. The molecule has 21 heavy (non-hydrogen) atoms. The van der Waals surface area contributed by atoms with Crippen molar-refractivity contribution in [2.45, 2.75) is 42.8 Å². The number of nitrogens with zero attached hydrogens (tertiary/aromatic N) is 1. The number of nitrogens with two attached hydrogens (primary N) is 1. The van der Waals surface area contributed by atoms with Crippen molar-refractivity contribution < 1.29 is 0 Å². The normalized spacial score (nSPS) is 16.4. The lowest BCUT2D eigenvalue weighted by molar-refractivity contribution is 0.576. The van der Waals surface area contributed by atoms with Crippen molar-refractivity contribution in [3.63, 3.8) is 0 Å². The molecule has 1 saturated carbocycles. The van der Waals surface area contributed by atoms with Gasteiger partial charge >= 0.3 is 0 Å². The van der Waals surface area contributed by atoms with E-state index in [9.17, 15) is 0 Å². The standard InChI is InChI=1S/C16H25N3S.HI/c1-13(2)8-11-18-15(17)19-12-16(9-10-16)20-14-6-4-3-5-7-14;/h3-7,13H,8-12H2,1-2H3,(H3,17,18,19);1H. The molecule has 0 heterocycles. The average Bonchev–Trinajstić information content (AvgIpc) is 3.17. The molecule has 3 nitrogen and oxygen atoms in total. The predicted octanol–water partition coefficient (Wildman–Crippen LogP) is 3.88. The van der Waals surface area contributed by atoms with E-state index >= 15 is 0 Å². The van der Waals surface area contributed by atoms with Gasteiger partial charge in [-0.3, -0.25) is 4.99 Å². The number of guanidine groups is 1. The van der Waals surface area contributed by atoms with Crippen molar-refractivity contribution in [1.29, 1.82) is 0 Å². The van der Waals surface area contributed by atoms with Gasteiger partial charge in [0.25, 0.3) is 0 Å². The van der Waals surface area contributed by atoms with Gasteiger partial charge in [0.1, 0.15) is 0 Å². The number of hydrogen-bond donors (Lipinski definition) is 2. The molecule has 0 bridgehead atoms. The Labute approximate surface area is 149 Å². The van der Waals surface area contributed by atoms with Crippen LogP contribution in [0.25, 0.3) is 0 Å². The molecule has 0 radical (unpaired) electrons. The third-order valence-electron chi connectivity index (χ3n) is 3.45. The maximum absolute atomic E-state index is 5.92. The third-order valence-corrected chi connectivity index (χ3v) is 4.93. The van der Waals surface area contributed by atoms with Crippen molar-refractivity contribution in [2.24, 2.45) is 16.6 Å². The maximum Gasteiger partial charge on any atom is 0.188 e. The minimum Gasteiger partial charge on any atom is -0.370 e. The van der Waals surface area contributed by atoms with Gasteiger partial charge in [-0.2, -0.15) is 0 Å². The summed E-state index contributed by atoms with van der Waals surface area (Å²) in [6, 6.07) is 10.6. The van der Waals surface area contributed by atoms with Crippen molar-refractivity contribution in [3.8, 4) is 0 Å². The van der Waals surface area contributed by atoms with Gasteiger partial charge in [-0.15, -0.1) is 35.7 Å². The first kappa shape index (κ1) is 18.6. The fourth-order valence-corrected chi connectivity index (χ4v) is 3.17. The Kier molecular flexibility index (Phi) is 7.87. The lowest BCUT2D eigenvalue weighted by Gasteiger charge is -2.13. The van der Waals surface area contributed by atoms with Crippen LogP contribution in [0.1, 0.15) is 33.1 Å². The van der Waals surface area contributed by atoms with Gasteiger partial charge in [0.2, 0.25) is 0 Å². The van der Waals surface area contributed by atoms with Crippen LogP contribution in [0.2, 0.25) is 0 Å². The van der Waals surface area contributed by atoms with Crippen LogP contribution in [0.3, 0.4) is 0 Å². The molecular formula is C16H26IN3S. The first-order chi connectivity index (χ1) is 9.60. The third kappa shape index (κ3) is 6.91. The molecule has 0 amide bonds. The quantitative estimate of drug-likeness (QED) is 0.401. The van der Waals surface area contributed by atoms with Crippen molar-refractivity contribution in [2.75, 3.05) is 13.1 Å². The van der Waals surface area contributed by atoms with E-state index in [1.54, 1.807) is 0 Å². The van der Waals surface area contributed by atoms with Gasteiger partial charge < -0.3 is 11.1 Å². The minimum atomic E-state index is 0. The molecule has 1 aromatic carbocycles. The van der Waals surface area contributed by atoms with Crippen LogP contribution < -0.4 is 11.1 Å². The molecule has 0 aliphatic heterocycles. The Morgan fingerprint density at radius 2 is 2.00 bits per heavy atom. The van der Waals surface area contributed by atoms with E-state index in [0.29, 0.717) is 11.9 Å². The smallest absolute Gasteiger partial charge is 0.188 e. The topological polar surface area (TPSA) is 50.4 Å². The zero-order chi connectivity index (χ0) is 14.4. The Hall–Kier alpha value is -0.430. The number of halogens is 1.